The van der Waals surface area contributed by atoms with E-state index in [0.29, 0.717) is 0 Å². The van der Waals surface area contributed by atoms with Crippen molar-refractivity contribution in [2.24, 2.45) is 0 Å². The van der Waals surface area contributed by atoms with Gasteiger partial charge in [-0.25, -0.2) is 0 Å². The highest BCUT2D eigenvalue weighted by Crippen LogP contribution is 2.20. The van der Waals surface area contributed by atoms with E-state index < -0.39 is 0 Å². The molecule has 2 aliphatic rings. The van der Waals surface area contributed by atoms with Gasteiger partial charge in [0.1, 0.15) is 0 Å². The summed E-state index contributed by atoms with van der Waals surface area (Å²) in [5, 5.41) is 3.83. The summed E-state index contributed by atoms with van der Waals surface area (Å²) in [7, 11) is 0. The number of likely N-dealkylation sites (tertiary alicyclic amines) is 1. The fraction of sp³-hybridized carbons (Fsp3) is 0.846. The van der Waals surface area contributed by atoms with Crippen LogP contribution in [0, 0.1) is 0 Å². The molecule has 2 nitrogen and oxygen atoms in total. The molecule has 0 amide bonds. The van der Waals surface area contributed by atoms with Crippen LogP contribution in [0.4, 0.5) is 0 Å². The topological polar surface area (TPSA) is 15.3 Å². The summed E-state index contributed by atoms with van der Waals surface area (Å²) >= 11 is 0. The highest BCUT2D eigenvalue weighted by atomic mass is 35.5. The molecule has 0 spiro atoms. The first kappa shape index (κ1) is 14.0. The van der Waals surface area contributed by atoms with Crippen LogP contribution >= 0.6 is 12.4 Å². The summed E-state index contributed by atoms with van der Waals surface area (Å²) in [6, 6.07) is 1.62. The van der Waals surface area contributed by atoms with Gasteiger partial charge in [-0.05, 0) is 38.8 Å². The number of piperidine rings is 1. The zero-order valence-corrected chi connectivity index (χ0v) is 11.0. The molecule has 0 aromatic carbocycles. The Balaban J connectivity index is 0.00000128. The number of nitrogens with one attached hydrogen (secondary N) is 1. The number of rotatable bonds is 4. The van der Waals surface area contributed by atoms with Crippen molar-refractivity contribution < 1.29 is 0 Å². The fourth-order valence-electron chi connectivity index (χ4n) is 2.89. The van der Waals surface area contributed by atoms with Crippen LogP contribution in [-0.4, -0.2) is 36.6 Å². The predicted octanol–water partition coefficient (Wildman–Crippen LogP) is 2.59. The Bertz CT molecular complexity index is 194. The maximum absolute atomic E-state index is 3.83. The summed E-state index contributed by atoms with van der Waals surface area (Å²) in [5.41, 5.74) is 0. The van der Waals surface area contributed by atoms with Gasteiger partial charge in [-0.15, -0.1) is 19.0 Å². The highest BCUT2D eigenvalue weighted by Gasteiger charge is 2.22. The highest BCUT2D eigenvalue weighted by molar-refractivity contribution is 5.85. The van der Waals surface area contributed by atoms with E-state index in [1.165, 1.54) is 51.6 Å². The van der Waals surface area contributed by atoms with E-state index in [1.54, 1.807) is 0 Å². The zero-order valence-electron chi connectivity index (χ0n) is 10.2. The molecule has 1 aliphatic heterocycles. The smallest absolute Gasteiger partial charge is 0.0160 e. The van der Waals surface area contributed by atoms with Crippen LogP contribution in [-0.2, 0) is 0 Å². The van der Waals surface area contributed by atoms with E-state index >= 15 is 0 Å². The molecule has 1 saturated carbocycles. The van der Waals surface area contributed by atoms with Gasteiger partial charge in [-0.3, -0.25) is 4.90 Å². The molecule has 2 fully saturated rings. The average Bonchev–Trinajstić information content (AvgIpc) is 2.74. The summed E-state index contributed by atoms with van der Waals surface area (Å²) in [6.07, 6.45) is 10.4. The Labute approximate surface area is 106 Å². The monoisotopic (exact) mass is 244 g/mol. The molecule has 2 rings (SSSR count). The average molecular weight is 245 g/mol. The molecule has 1 heterocycles. The van der Waals surface area contributed by atoms with Crippen LogP contribution in [0.25, 0.3) is 0 Å². The van der Waals surface area contributed by atoms with Gasteiger partial charge in [0.2, 0.25) is 0 Å². The van der Waals surface area contributed by atoms with E-state index in [9.17, 15) is 0 Å². The summed E-state index contributed by atoms with van der Waals surface area (Å²) in [6.45, 7) is 7.36. The van der Waals surface area contributed by atoms with Crippen LogP contribution < -0.4 is 5.32 Å². The Morgan fingerprint density at radius 1 is 1.06 bits per heavy atom. The first-order valence-corrected chi connectivity index (χ1v) is 6.48. The number of nitrogens with zero attached hydrogens (tertiary/aromatic N) is 1. The van der Waals surface area contributed by atoms with E-state index in [4.69, 9.17) is 0 Å². The lowest BCUT2D eigenvalue weighted by molar-refractivity contribution is 0.207. The largest absolute Gasteiger partial charge is 0.311 e. The first-order valence-electron chi connectivity index (χ1n) is 6.48. The van der Waals surface area contributed by atoms with Gasteiger partial charge in [-0.1, -0.05) is 18.9 Å². The van der Waals surface area contributed by atoms with Gasteiger partial charge < -0.3 is 5.32 Å². The second-order valence-corrected chi connectivity index (χ2v) is 5.01. The molecule has 1 N–H and O–H groups in total. The minimum absolute atomic E-state index is 0. The molecule has 0 atom stereocenters. The Kier molecular flexibility index (Phi) is 6.40. The van der Waals surface area contributed by atoms with Crippen LogP contribution in [0.5, 0.6) is 0 Å². The molecule has 94 valence electrons. The molecular weight excluding hydrogens is 220 g/mol. The number of halogens is 1. The van der Waals surface area contributed by atoms with Crippen LogP contribution in [0.3, 0.4) is 0 Å². The molecule has 0 aromatic heterocycles. The van der Waals surface area contributed by atoms with Crippen LogP contribution in [0.15, 0.2) is 12.7 Å². The van der Waals surface area contributed by atoms with Crippen molar-refractivity contribution in [2.45, 2.75) is 50.6 Å². The minimum atomic E-state index is 0. The molecule has 1 saturated heterocycles. The van der Waals surface area contributed by atoms with Crippen molar-refractivity contribution in [1.82, 2.24) is 10.2 Å². The molecule has 0 aromatic rings. The van der Waals surface area contributed by atoms with Gasteiger partial charge in [0.25, 0.3) is 0 Å². The summed E-state index contributed by atoms with van der Waals surface area (Å²) in [5.74, 6) is 0. The second-order valence-electron chi connectivity index (χ2n) is 5.01. The van der Waals surface area contributed by atoms with Gasteiger partial charge in [0.05, 0.1) is 0 Å². The van der Waals surface area contributed by atoms with Crippen molar-refractivity contribution in [1.29, 1.82) is 0 Å². The maximum Gasteiger partial charge on any atom is 0.0160 e. The number of hydrogen-bond donors (Lipinski definition) is 1. The van der Waals surface area contributed by atoms with Gasteiger partial charge in [0, 0.05) is 18.6 Å². The van der Waals surface area contributed by atoms with E-state index in [1.807, 2.05) is 6.08 Å². The molecule has 0 unspecified atom stereocenters. The standard InChI is InChI=1S/C13H24N2.ClH/c1-2-9-15-10-7-13(8-11-15)14-12-5-3-4-6-12;/h2,12-14H,1,3-11H2;1H. The molecule has 3 heteroatoms. The van der Waals surface area contributed by atoms with E-state index in [0.717, 1.165) is 18.6 Å². The Morgan fingerprint density at radius 3 is 2.19 bits per heavy atom. The molecule has 0 radical (unpaired) electrons. The maximum atomic E-state index is 3.83. The molecule has 16 heavy (non-hydrogen) atoms. The molecule has 0 bridgehead atoms. The SMILES string of the molecule is C=CCN1CCC(NC2CCCC2)CC1.Cl. The third-order valence-electron chi connectivity index (χ3n) is 3.80. The van der Waals surface area contributed by atoms with Crippen molar-refractivity contribution in [3.8, 4) is 0 Å². The molecular formula is C13H25ClN2. The number of hydrogen-bond acceptors (Lipinski definition) is 2. The zero-order chi connectivity index (χ0) is 10.5. The van der Waals surface area contributed by atoms with Gasteiger partial charge in [-0.2, -0.15) is 0 Å². The van der Waals surface area contributed by atoms with Gasteiger partial charge in [0.15, 0.2) is 0 Å². The fourth-order valence-corrected chi connectivity index (χ4v) is 2.89. The van der Waals surface area contributed by atoms with E-state index in [2.05, 4.69) is 16.8 Å². The van der Waals surface area contributed by atoms with Crippen molar-refractivity contribution in [3.05, 3.63) is 12.7 Å². The molecule has 1 aliphatic carbocycles. The van der Waals surface area contributed by atoms with E-state index in [-0.39, 0.29) is 12.4 Å². The predicted molar refractivity (Wildman–Crippen MR) is 72.3 cm³/mol. The van der Waals surface area contributed by atoms with Crippen molar-refractivity contribution >= 4 is 12.4 Å². The van der Waals surface area contributed by atoms with Crippen molar-refractivity contribution in [2.75, 3.05) is 19.6 Å². The lowest BCUT2D eigenvalue weighted by Gasteiger charge is -2.33. The summed E-state index contributed by atoms with van der Waals surface area (Å²) in [4.78, 5) is 2.50. The van der Waals surface area contributed by atoms with Crippen LogP contribution in [0.2, 0.25) is 0 Å². The minimum Gasteiger partial charge on any atom is -0.311 e. The van der Waals surface area contributed by atoms with Crippen LogP contribution in [0.1, 0.15) is 38.5 Å². The second kappa shape index (κ2) is 7.31. The lowest BCUT2D eigenvalue weighted by atomic mass is 10.0. The normalized spacial score (nSPS) is 24.2. The Morgan fingerprint density at radius 2 is 1.62 bits per heavy atom. The van der Waals surface area contributed by atoms with Crippen molar-refractivity contribution in [3.63, 3.8) is 0 Å². The quantitative estimate of drug-likeness (QED) is 0.765. The third kappa shape index (κ3) is 4.08. The van der Waals surface area contributed by atoms with Gasteiger partial charge >= 0.3 is 0 Å². The third-order valence-corrected chi connectivity index (χ3v) is 3.80. The lowest BCUT2D eigenvalue weighted by Crippen LogP contribution is -2.45. The first-order chi connectivity index (χ1) is 7.38. The summed E-state index contributed by atoms with van der Waals surface area (Å²) < 4.78 is 0. The Hall–Kier alpha value is -0.0500.